The second kappa shape index (κ2) is 8.41. The Bertz CT molecular complexity index is 715. The summed E-state index contributed by atoms with van der Waals surface area (Å²) in [6, 6.07) is 11.4. The maximum Gasteiger partial charge on any atom is 0.253 e. The molecule has 140 valence electrons. The molecule has 2 aromatic rings. The number of benzene rings is 1. The number of hydrogen-bond donors (Lipinski definition) is 0. The van der Waals surface area contributed by atoms with Crippen LogP contribution in [0.1, 0.15) is 41.1 Å². The molecule has 1 aromatic carbocycles. The van der Waals surface area contributed by atoms with Crippen LogP contribution in [-0.4, -0.2) is 55.5 Å². The zero-order valence-corrected chi connectivity index (χ0v) is 15.9. The highest BCUT2D eigenvalue weighted by atomic mass is 16.5. The molecule has 0 N–H and O–H groups in total. The van der Waals surface area contributed by atoms with Crippen molar-refractivity contribution in [3.05, 3.63) is 53.5 Å². The molecule has 1 aromatic heterocycles. The summed E-state index contributed by atoms with van der Waals surface area (Å²) >= 11 is 0. The normalized spacial score (nSPS) is 16.5. The fourth-order valence-corrected chi connectivity index (χ4v) is 3.33. The van der Waals surface area contributed by atoms with Crippen molar-refractivity contribution >= 4 is 5.91 Å². The molecule has 26 heavy (non-hydrogen) atoms. The van der Waals surface area contributed by atoms with Crippen LogP contribution in [0.2, 0.25) is 0 Å². The summed E-state index contributed by atoms with van der Waals surface area (Å²) < 4.78 is 10.9. The fourth-order valence-electron chi connectivity index (χ4n) is 3.33. The van der Waals surface area contributed by atoms with Crippen LogP contribution in [0.15, 0.2) is 40.8 Å². The highest BCUT2D eigenvalue weighted by molar-refractivity contribution is 5.94. The van der Waals surface area contributed by atoms with Gasteiger partial charge in [0.2, 0.25) is 0 Å². The van der Waals surface area contributed by atoms with E-state index in [0.717, 1.165) is 62.0 Å². The molecule has 5 heteroatoms. The first-order valence-corrected chi connectivity index (χ1v) is 9.29. The summed E-state index contributed by atoms with van der Waals surface area (Å²) in [6.07, 6.45) is 1.07. The summed E-state index contributed by atoms with van der Waals surface area (Å²) in [4.78, 5) is 17.0. The number of hydrogen-bond acceptors (Lipinski definition) is 4. The van der Waals surface area contributed by atoms with E-state index in [0.29, 0.717) is 5.92 Å². The van der Waals surface area contributed by atoms with Gasteiger partial charge >= 0.3 is 0 Å². The Morgan fingerprint density at radius 3 is 2.38 bits per heavy atom. The zero-order valence-electron chi connectivity index (χ0n) is 15.9. The van der Waals surface area contributed by atoms with Crippen molar-refractivity contribution in [2.45, 2.75) is 26.2 Å². The maximum atomic E-state index is 12.6. The first-order chi connectivity index (χ1) is 12.6. The fraction of sp³-hybridized carbons (Fsp3) is 0.476. The molecular weight excluding hydrogens is 328 g/mol. The molecule has 1 amide bonds. The summed E-state index contributed by atoms with van der Waals surface area (Å²) in [7, 11) is 1.63. The highest BCUT2D eigenvalue weighted by Gasteiger charge is 2.22. The maximum absolute atomic E-state index is 12.6. The van der Waals surface area contributed by atoms with Gasteiger partial charge in [-0.2, -0.15) is 0 Å². The number of nitrogens with zero attached hydrogens (tertiary/aromatic N) is 2. The van der Waals surface area contributed by atoms with E-state index in [1.165, 1.54) is 0 Å². The summed E-state index contributed by atoms with van der Waals surface area (Å²) in [5.74, 6) is 3.33. The number of carbonyl (C=O) groups is 1. The van der Waals surface area contributed by atoms with E-state index in [2.05, 4.69) is 17.9 Å². The van der Waals surface area contributed by atoms with E-state index in [-0.39, 0.29) is 5.91 Å². The predicted octanol–water partition coefficient (Wildman–Crippen LogP) is 3.55. The minimum atomic E-state index is 0.103. The average molecular weight is 356 g/mol. The Balaban J connectivity index is 1.45. The van der Waals surface area contributed by atoms with Gasteiger partial charge < -0.3 is 14.1 Å². The molecule has 1 aliphatic heterocycles. The summed E-state index contributed by atoms with van der Waals surface area (Å²) in [5.41, 5.74) is 0.723. The van der Waals surface area contributed by atoms with Gasteiger partial charge in [0.25, 0.3) is 5.91 Å². The van der Waals surface area contributed by atoms with E-state index in [1.54, 1.807) is 7.11 Å². The zero-order chi connectivity index (χ0) is 18.5. The second-order valence-corrected chi connectivity index (χ2v) is 7.00. The monoisotopic (exact) mass is 356 g/mol. The van der Waals surface area contributed by atoms with E-state index in [9.17, 15) is 4.79 Å². The van der Waals surface area contributed by atoms with Crippen molar-refractivity contribution in [1.29, 1.82) is 0 Å². The molecule has 0 radical (unpaired) electrons. The SMILES string of the molecule is COc1ccc(C(=O)N2CCN(CC[C@H](C)c3ccc(C)o3)CC2)cc1. The number of carbonyl (C=O) groups excluding carboxylic acids is 1. The lowest BCUT2D eigenvalue weighted by atomic mass is 10.0. The van der Waals surface area contributed by atoms with E-state index >= 15 is 0 Å². The Kier molecular flexibility index (Phi) is 5.99. The molecule has 0 bridgehead atoms. The first kappa shape index (κ1) is 18.5. The smallest absolute Gasteiger partial charge is 0.253 e. The van der Waals surface area contributed by atoms with Crippen LogP contribution < -0.4 is 4.74 Å². The molecule has 0 spiro atoms. The van der Waals surface area contributed by atoms with E-state index < -0.39 is 0 Å². The lowest BCUT2D eigenvalue weighted by Gasteiger charge is -2.35. The second-order valence-electron chi connectivity index (χ2n) is 7.00. The van der Waals surface area contributed by atoms with E-state index in [1.807, 2.05) is 42.2 Å². The van der Waals surface area contributed by atoms with Crippen molar-refractivity contribution in [3.63, 3.8) is 0 Å². The number of rotatable bonds is 6. The Morgan fingerprint density at radius 2 is 1.81 bits per heavy atom. The topological polar surface area (TPSA) is 45.9 Å². The standard InChI is InChI=1S/C21H28N2O3/c1-16(20-9-4-17(2)26-20)10-11-22-12-14-23(15-13-22)21(24)18-5-7-19(25-3)8-6-18/h4-9,16H,10-15H2,1-3H3/t16-/m0/s1. The third-order valence-corrected chi connectivity index (χ3v) is 5.12. The van der Waals surface area contributed by atoms with Gasteiger partial charge in [0.15, 0.2) is 0 Å². The third-order valence-electron chi connectivity index (χ3n) is 5.12. The minimum Gasteiger partial charge on any atom is -0.497 e. The predicted molar refractivity (Wildman–Crippen MR) is 102 cm³/mol. The summed E-state index contributed by atoms with van der Waals surface area (Å²) in [5, 5.41) is 0. The molecule has 0 aliphatic carbocycles. The van der Waals surface area contributed by atoms with Gasteiger partial charge in [-0.25, -0.2) is 0 Å². The van der Waals surface area contributed by atoms with Crippen molar-refractivity contribution in [1.82, 2.24) is 9.80 Å². The number of amides is 1. The van der Waals surface area contributed by atoms with Crippen molar-refractivity contribution in [2.75, 3.05) is 39.8 Å². The lowest BCUT2D eigenvalue weighted by molar-refractivity contribution is 0.0633. The molecular formula is C21H28N2O3. The molecule has 1 aliphatic rings. The number of piperazine rings is 1. The average Bonchev–Trinajstić information content (AvgIpc) is 3.12. The molecule has 1 atom stereocenters. The third kappa shape index (κ3) is 4.47. The van der Waals surface area contributed by atoms with Gasteiger partial charge in [-0.1, -0.05) is 6.92 Å². The Labute approximate surface area is 155 Å². The van der Waals surface area contributed by atoms with E-state index in [4.69, 9.17) is 9.15 Å². The molecule has 5 nitrogen and oxygen atoms in total. The molecule has 2 heterocycles. The van der Waals surface area contributed by atoms with Crippen molar-refractivity contribution in [2.24, 2.45) is 0 Å². The van der Waals surface area contributed by atoms with Crippen LogP contribution in [0.5, 0.6) is 5.75 Å². The van der Waals surface area contributed by atoms with Gasteiger partial charge in [-0.05, 0) is 56.3 Å². The Morgan fingerprint density at radius 1 is 1.12 bits per heavy atom. The molecule has 1 fully saturated rings. The molecule has 0 saturated carbocycles. The van der Waals surface area contributed by atoms with Crippen LogP contribution in [0.3, 0.4) is 0 Å². The number of methoxy groups -OCH3 is 1. The van der Waals surface area contributed by atoms with Crippen LogP contribution in [0.25, 0.3) is 0 Å². The summed E-state index contributed by atoms with van der Waals surface area (Å²) in [6.45, 7) is 8.62. The lowest BCUT2D eigenvalue weighted by Crippen LogP contribution is -2.48. The molecule has 0 unspecified atom stereocenters. The van der Waals surface area contributed by atoms with Gasteiger partial charge in [-0.15, -0.1) is 0 Å². The molecule has 3 rings (SSSR count). The van der Waals surface area contributed by atoms with Gasteiger partial charge in [0, 0.05) is 37.7 Å². The quantitative estimate of drug-likeness (QED) is 0.794. The largest absolute Gasteiger partial charge is 0.497 e. The van der Waals surface area contributed by atoms with Gasteiger partial charge in [0.1, 0.15) is 17.3 Å². The van der Waals surface area contributed by atoms with Gasteiger partial charge in [-0.3, -0.25) is 9.69 Å². The minimum absolute atomic E-state index is 0.103. The van der Waals surface area contributed by atoms with Crippen LogP contribution in [-0.2, 0) is 0 Å². The first-order valence-electron chi connectivity index (χ1n) is 9.29. The Hall–Kier alpha value is -2.27. The number of ether oxygens (including phenoxy) is 1. The van der Waals surface area contributed by atoms with Crippen molar-refractivity contribution < 1.29 is 13.9 Å². The van der Waals surface area contributed by atoms with Gasteiger partial charge in [0.05, 0.1) is 7.11 Å². The van der Waals surface area contributed by atoms with Crippen LogP contribution in [0.4, 0.5) is 0 Å². The number of aryl methyl sites for hydroxylation is 1. The number of furan rings is 1. The van der Waals surface area contributed by atoms with Crippen LogP contribution in [0, 0.1) is 6.92 Å². The van der Waals surface area contributed by atoms with Crippen LogP contribution >= 0.6 is 0 Å². The molecule has 1 saturated heterocycles. The van der Waals surface area contributed by atoms with Crippen molar-refractivity contribution in [3.8, 4) is 5.75 Å². The highest BCUT2D eigenvalue weighted by Crippen LogP contribution is 2.22.